The Morgan fingerprint density at radius 1 is 1.33 bits per heavy atom. The van der Waals surface area contributed by atoms with Crippen molar-refractivity contribution in [3.8, 4) is 0 Å². The van der Waals surface area contributed by atoms with Gasteiger partial charge >= 0.3 is 12.1 Å². The van der Waals surface area contributed by atoms with Crippen LogP contribution in [0, 0.1) is 0 Å². The first-order valence-corrected chi connectivity index (χ1v) is 7.71. The zero-order valence-electron chi connectivity index (χ0n) is 11.2. The Labute approximate surface area is 124 Å². The van der Waals surface area contributed by atoms with Crippen molar-refractivity contribution in [1.29, 1.82) is 0 Å². The fourth-order valence-electron chi connectivity index (χ4n) is 2.28. The summed E-state index contributed by atoms with van der Waals surface area (Å²) in [5.41, 5.74) is -2.28. The maximum atomic E-state index is 12.8. The molecule has 0 aromatic carbocycles. The number of halogens is 3. The van der Waals surface area contributed by atoms with Gasteiger partial charge in [-0.05, 0) is 12.8 Å². The first kappa shape index (κ1) is 16.1. The zero-order valence-corrected chi connectivity index (χ0v) is 12.0. The van der Waals surface area contributed by atoms with Crippen molar-refractivity contribution in [2.75, 3.05) is 0 Å². The maximum Gasteiger partial charge on any atom is 0.434 e. The average Bonchev–Trinajstić information content (AvgIpc) is 2.45. The molecule has 21 heavy (non-hydrogen) atoms. The second kappa shape index (κ2) is 6.64. The van der Waals surface area contributed by atoms with E-state index in [1.807, 2.05) is 0 Å². The summed E-state index contributed by atoms with van der Waals surface area (Å²) in [6.07, 6.45) is 1.57. The summed E-state index contributed by atoms with van der Waals surface area (Å²) in [6, 6.07) is 0. The molecule has 1 heterocycles. The first-order valence-electron chi connectivity index (χ1n) is 6.66. The van der Waals surface area contributed by atoms with Gasteiger partial charge in [0, 0.05) is 11.4 Å². The van der Waals surface area contributed by atoms with Gasteiger partial charge in [0.2, 0.25) is 0 Å². The lowest BCUT2D eigenvalue weighted by Crippen LogP contribution is -2.18. The van der Waals surface area contributed by atoms with Crippen LogP contribution in [-0.2, 0) is 11.9 Å². The molecule has 0 aliphatic heterocycles. The fraction of sp³-hybridized carbons (Fsp3) is 0.615. The lowest BCUT2D eigenvalue weighted by Gasteiger charge is -2.20. The van der Waals surface area contributed by atoms with E-state index in [0.29, 0.717) is 5.25 Å². The van der Waals surface area contributed by atoms with Gasteiger partial charge in [-0.3, -0.25) is 0 Å². The molecule has 0 unspecified atom stereocenters. The number of carboxylic acid groups (broad SMARTS) is 1. The third kappa shape index (κ3) is 4.33. The highest BCUT2D eigenvalue weighted by Gasteiger charge is 2.38. The predicted octanol–water partition coefficient (Wildman–Crippen LogP) is 3.76. The van der Waals surface area contributed by atoms with Crippen molar-refractivity contribution >= 4 is 17.7 Å². The SMILES string of the molecule is O=C(O)c1cnc(CSC2CCCCC2)nc1C(F)(F)F. The van der Waals surface area contributed by atoms with Gasteiger partial charge in [-0.25, -0.2) is 14.8 Å². The number of thioether (sulfide) groups is 1. The molecule has 4 nitrogen and oxygen atoms in total. The number of aromatic carboxylic acids is 1. The smallest absolute Gasteiger partial charge is 0.434 e. The van der Waals surface area contributed by atoms with Crippen molar-refractivity contribution in [2.24, 2.45) is 0 Å². The van der Waals surface area contributed by atoms with E-state index in [-0.39, 0.29) is 11.6 Å². The van der Waals surface area contributed by atoms with E-state index in [4.69, 9.17) is 5.11 Å². The molecule has 2 rings (SSSR count). The highest BCUT2D eigenvalue weighted by Crippen LogP contribution is 2.32. The van der Waals surface area contributed by atoms with Gasteiger partial charge in [0.05, 0.1) is 5.75 Å². The van der Waals surface area contributed by atoms with E-state index in [0.717, 1.165) is 31.9 Å². The van der Waals surface area contributed by atoms with Gasteiger partial charge in [0.1, 0.15) is 11.4 Å². The number of rotatable bonds is 4. The summed E-state index contributed by atoms with van der Waals surface area (Å²) in [5, 5.41) is 9.20. The maximum absolute atomic E-state index is 12.8. The van der Waals surface area contributed by atoms with Crippen molar-refractivity contribution in [2.45, 2.75) is 49.3 Å². The van der Waals surface area contributed by atoms with E-state index in [9.17, 15) is 18.0 Å². The van der Waals surface area contributed by atoms with E-state index < -0.39 is 23.4 Å². The molecule has 0 radical (unpaired) electrons. The number of nitrogens with zero attached hydrogens (tertiary/aromatic N) is 2. The summed E-state index contributed by atoms with van der Waals surface area (Å²) in [6.45, 7) is 0. The van der Waals surface area contributed by atoms with Gasteiger partial charge in [-0.2, -0.15) is 24.9 Å². The molecule has 1 N–H and O–H groups in total. The van der Waals surface area contributed by atoms with Gasteiger partial charge in [0.15, 0.2) is 5.69 Å². The molecular formula is C13H15F3N2O2S. The Kier molecular flexibility index (Phi) is 5.08. The van der Waals surface area contributed by atoms with Gasteiger partial charge in [-0.1, -0.05) is 19.3 Å². The number of alkyl halides is 3. The number of hydrogen-bond acceptors (Lipinski definition) is 4. The largest absolute Gasteiger partial charge is 0.478 e. The summed E-state index contributed by atoms with van der Waals surface area (Å²) in [7, 11) is 0. The van der Waals surface area contributed by atoms with Crippen LogP contribution < -0.4 is 0 Å². The molecule has 1 aliphatic carbocycles. The minimum Gasteiger partial charge on any atom is -0.478 e. The summed E-state index contributed by atoms with van der Waals surface area (Å²) >= 11 is 1.54. The first-order chi connectivity index (χ1) is 9.88. The second-order valence-corrected chi connectivity index (χ2v) is 6.21. The normalized spacial score (nSPS) is 16.9. The Morgan fingerprint density at radius 2 is 2.00 bits per heavy atom. The standard InChI is InChI=1S/C13H15F3N2O2S/c14-13(15,16)11-9(12(19)20)6-17-10(18-11)7-21-8-4-2-1-3-5-8/h6,8H,1-5,7H2,(H,19,20). The molecule has 1 aromatic rings. The summed E-state index contributed by atoms with van der Waals surface area (Å²) in [4.78, 5) is 18.0. The third-order valence-electron chi connectivity index (χ3n) is 3.34. The van der Waals surface area contributed by atoms with Gasteiger partial charge < -0.3 is 5.11 Å². The monoisotopic (exact) mass is 320 g/mol. The summed E-state index contributed by atoms with van der Waals surface area (Å²) < 4.78 is 38.5. The van der Waals surface area contributed by atoms with E-state index in [1.54, 1.807) is 11.8 Å². The molecule has 0 bridgehead atoms. The Bertz CT molecular complexity index is 517. The van der Waals surface area contributed by atoms with Crippen LogP contribution >= 0.6 is 11.8 Å². The Hall–Kier alpha value is -1.31. The zero-order chi connectivity index (χ0) is 15.5. The number of aromatic nitrogens is 2. The van der Waals surface area contributed by atoms with Crippen LogP contribution in [0.2, 0.25) is 0 Å². The van der Waals surface area contributed by atoms with Crippen LogP contribution in [0.5, 0.6) is 0 Å². The number of carbonyl (C=O) groups is 1. The molecule has 1 aromatic heterocycles. The highest BCUT2D eigenvalue weighted by atomic mass is 32.2. The lowest BCUT2D eigenvalue weighted by atomic mass is 10.0. The predicted molar refractivity (Wildman–Crippen MR) is 72.2 cm³/mol. The molecule has 1 aliphatic rings. The molecule has 1 fully saturated rings. The lowest BCUT2D eigenvalue weighted by molar-refractivity contribution is -0.141. The molecule has 1 saturated carbocycles. The minimum absolute atomic E-state index is 0.0305. The minimum atomic E-state index is -4.79. The Morgan fingerprint density at radius 3 is 2.57 bits per heavy atom. The topological polar surface area (TPSA) is 63.1 Å². The Balaban J connectivity index is 2.11. The van der Waals surface area contributed by atoms with Crippen molar-refractivity contribution in [3.63, 3.8) is 0 Å². The van der Waals surface area contributed by atoms with E-state index >= 15 is 0 Å². The molecule has 0 atom stereocenters. The van der Waals surface area contributed by atoms with E-state index in [2.05, 4.69) is 9.97 Å². The van der Waals surface area contributed by atoms with Crippen molar-refractivity contribution < 1.29 is 23.1 Å². The van der Waals surface area contributed by atoms with Crippen LogP contribution in [0.15, 0.2) is 6.20 Å². The van der Waals surface area contributed by atoms with Gasteiger partial charge in [-0.15, -0.1) is 0 Å². The fourth-order valence-corrected chi connectivity index (χ4v) is 3.48. The molecular weight excluding hydrogens is 305 g/mol. The van der Waals surface area contributed by atoms with Crippen molar-refractivity contribution in [1.82, 2.24) is 9.97 Å². The molecule has 0 spiro atoms. The average molecular weight is 320 g/mol. The second-order valence-electron chi connectivity index (χ2n) is 4.92. The summed E-state index contributed by atoms with van der Waals surface area (Å²) in [5.74, 6) is -1.37. The molecule has 0 saturated heterocycles. The molecule has 0 amide bonds. The number of carboxylic acids is 1. The highest BCUT2D eigenvalue weighted by molar-refractivity contribution is 7.99. The van der Waals surface area contributed by atoms with E-state index in [1.165, 1.54) is 6.42 Å². The van der Waals surface area contributed by atoms with Crippen LogP contribution in [0.3, 0.4) is 0 Å². The van der Waals surface area contributed by atoms with Crippen LogP contribution in [0.4, 0.5) is 13.2 Å². The van der Waals surface area contributed by atoms with Gasteiger partial charge in [0.25, 0.3) is 0 Å². The van der Waals surface area contributed by atoms with Crippen molar-refractivity contribution in [3.05, 3.63) is 23.3 Å². The quantitative estimate of drug-likeness (QED) is 0.915. The molecule has 116 valence electrons. The van der Waals surface area contributed by atoms with Crippen LogP contribution in [0.25, 0.3) is 0 Å². The number of hydrogen-bond donors (Lipinski definition) is 1. The van der Waals surface area contributed by atoms with Crippen LogP contribution in [-0.4, -0.2) is 26.3 Å². The third-order valence-corrected chi connectivity index (χ3v) is 4.71. The molecule has 8 heteroatoms. The van der Waals surface area contributed by atoms with Crippen LogP contribution in [0.1, 0.15) is 54.0 Å².